The topological polar surface area (TPSA) is 36.9 Å². The lowest BCUT2D eigenvalue weighted by molar-refractivity contribution is -0.283. The van der Waals surface area contributed by atoms with Crippen LogP contribution < -0.4 is 0 Å². The first-order valence-electron chi connectivity index (χ1n) is 10.7. The van der Waals surface area contributed by atoms with Crippen molar-refractivity contribution >= 4 is 8.32 Å². The SMILES string of the molecule is C=CC[C@@]1(OC)C[C@@H](O[Si](C)(C)C(C)(C)C)C[C@@H](CCOCc2ccccc2)O1. The fourth-order valence-corrected chi connectivity index (χ4v) is 4.90. The average Bonchev–Trinajstić information content (AvgIpc) is 2.65. The zero-order valence-electron chi connectivity index (χ0n) is 19.2. The second kappa shape index (κ2) is 10.4. The predicted molar refractivity (Wildman–Crippen MR) is 121 cm³/mol. The van der Waals surface area contributed by atoms with Crippen molar-refractivity contribution in [2.45, 2.75) is 89.2 Å². The first-order chi connectivity index (χ1) is 13.6. The molecule has 2 rings (SSSR count). The zero-order valence-corrected chi connectivity index (χ0v) is 20.2. The molecule has 1 fully saturated rings. The highest BCUT2D eigenvalue weighted by Crippen LogP contribution is 2.42. The van der Waals surface area contributed by atoms with Gasteiger partial charge in [-0.25, -0.2) is 0 Å². The molecule has 0 unspecified atom stereocenters. The Morgan fingerprint density at radius 3 is 2.52 bits per heavy atom. The summed E-state index contributed by atoms with van der Waals surface area (Å²) >= 11 is 0. The minimum Gasteiger partial charge on any atom is -0.414 e. The van der Waals surface area contributed by atoms with E-state index in [2.05, 4.69) is 52.6 Å². The van der Waals surface area contributed by atoms with Crippen LogP contribution in [0.2, 0.25) is 18.1 Å². The molecule has 0 saturated carbocycles. The first-order valence-corrected chi connectivity index (χ1v) is 13.6. The summed E-state index contributed by atoms with van der Waals surface area (Å²) in [5, 5.41) is 0.174. The van der Waals surface area contributed by atoms with Crippen molar-refractivity contribution in [3.63, 3.8) is 0 Å². The molecule has 0 radical (unpaired) electrons. The summed E-state index contributed by atoms with van der Waals surface area (Å²) in [6, 6.07) is 10.3. The number of ether oxygens (including phenoxy) is 3. The highest BCUT2D eigenvalue weighted by atomic mass is 28.4. The molecule has 1 aliphatic rings. The van der Waals surface area contributed by atoms with E-state index in [1.165, 1.54) is 5.56 Å². The van der Waals surface area contributed by atoms with Crippen LogP contribution in [-0.4, -0.2) is 40.0 Å². The van der Waals surface area contributed by atoms with E-state index in [-0.39, 0.29) is 17.2 Å². The van der Waals surface area contributed by atoms with Gasteiger partial charge >= 0.3 is 0 Å². The minimum absolute atomic E-state index is 0.0502. The van der Waals surface area contributed by atoms with Crippen molar-refractivity contribution in [3.05, 3.63) is 48.6 Å². The maximum Gasteiger partial charge on any atom is 0.192 e. The minimum atomic E-state index is -1.87. The molecule has 0 aromatic heterocycles. The van der Waals surface area contributed by atoms with Crippen LogP contribution in [0.5, 0.6) is 0 Å². The molecular weight excluding hydrogens is 380 g/mol. The fourth-order valence-electron chi connectivity index (χ4n) is 3.53. The Kier molecular flexibility index (Phi) is 8.68. The third-order valence-electron chi connectivity index (χ3n) is 6.24. The summed E-state index contributed by atoms with van der Waals surface area (Å²) in [6.07, 6.45) is 5.15. The monoisotopic (exact) mass is 420 g/mol. The number of rotatable bonds is 10. The Labute approximate surface area is 178 Å². The van der Waals surface area contributed by atoms with Gasteiger partial charge in [-0.3, -0.25) is 0 Å². The Balaban J connectivity index is 1.99. The van der Waals surface area contributed by atoms with Crippen molar-refractivity contribution in [3.8, 4) is 0 Å². The first kappa shape index (κ1) is 24.3. The summed E-state index contributed by atoms with van der Waals surface area (Å²) in [6.45, 7) is 16.6. The van der Waals surface area contributed by atoms with Gasteiger partial charge in [-0.15, -0.1) is 6.58 Å². The van der Waals surface area contributed by atoms with E-state index in [9.17, 15) is 0 Å². The smallest absolute Gasteiger partial charge is 0.192 e. The van der Waals surface area contributed by atoms with Gasteiger partial charge in [0.2, 0.25) is 0 Å². The van der Waals surface area contributed by atoms with Gasteiger partial charge in [-0.05, 0) is 36.5 Å². The van der Waals surface area contributed by atoms with Crippen molar-refractivity contribution in [2.75, 3.05) is 13.7 Å². The molecule has 1 aromatic carbocycles. The van der Waals surface area contributed by atoms with Crippen LogP contribution in [0.1, 0.15) is 52.0 Å². The quantitative estimate of drug-likeness (QED) is 0.261. The van der Waals surface area contributed by atoms with Crippen molar-refractivity contribution in [2.24, 2.45) is 0 Å². The molecule has 0 spiro atoms. The molecule has 0 amide bonds. The van der Waals surface area contributed by atoms with E-state index in [0.717, 1.165) is 19.3 Å². The van der Waals surface area contributed by atoms with Gasteiger partial charge in [0.1, 0.15) is 0 Å². The van der Waals surface area contributed by atoms with Crippen LogP contribution in [0, 0.1) is 0 Å². The molecule has 164 valence electrons. The average molecular weight is 421 g/mol. The predicted octanol–water partition coefficient (Wildman–Crippen LogP) is 6.08. The number of hydrogen-bond acceptors (Lipinski definition) is 4. The van der Waals surface area contributed by atoms with Gasteiger partial charge in [0.25, 0.3) is 0 Å². The van der Waals surface area contributed by atoms with Crippen molar-refractivity contribution in [1.29, 1.82) is 0 Å². The van der Waals surface area contributed by atoms with E-state index < -0.39 is 14.1 Å². The molecule has 0 bridgehead atoms. The lowest BCUT2D eigenvalue weighted by Gasteiger charge is -2.47. The summed E-state index contributed by atoms with van der Waals surface area (Å²) in [7, 11) is -0.147. The van der Waals surface area contributed by atoms with Gasteiger partial charge in [0.05, 0.1) is 18.8 Å². The molecule has 0 N–H and O–H groups in total. The molecule has 1 aliphatic heterocycles. The number of methoxy groups -OCH3 is 1. The Morgan fingerprint density at radius 2 is 1.93 bits per heavy atom. The number of benzene rings is 1. The Hall–Kier alpha value is -0.983. The third kappa shape index (κ3) is 7.04. The highest BCUT2D eigenvalue weighted by molar-refractivity contribution is 6.74. The van der Waals surface area contributed by atoms with E-state index in [4.69, 9.17) is 18.6 Å². The van der Waals surface area contributed by atoms with Crippen LogP contribution in [-0.2, 0) is 25.2 Å². The molecule has 29 heavy (non-hydrogen) atoms. The second-order valence-electron chi connectivity index (χ2n) is 9.61. The van der Waals surface area contributed by atoms with Gasteiger partial charge < -0.3 is 18.6 Å². The molecular formula is C24H40O4Si. The lowest BCUT2D eigenvalue weighted by Crippen LogP contribution is -2.52. The van der Waals surface area contributed by atoms with Crippen LogP contribution in [0.15, 0.2) is 43.0 Å². The molecule has 1 aromatic rings. The Bertz CT molecular complexity index is 626. The molecule has 0 aliphatic carbocycles. The van der Waals surface area contributed by atoms with Crippen LogP contribution in [0.25, 0.3) is 0 Å². The van der Waals surface area contributed by atoms with Gasteiger partial charge in [-0.2, -0.15) is 0 Å². The largest absolute Gasteiger partial charge is 0.414 e. The third-order valence-corrected chi connectivity index (χ3v) is 10.8. The van der Waals surface area contributed by atoms with E-state index in [1.807, 2.05) is 24.3 Å². The summed E-state index contributed by atoms with van der Waals surface area (Å²) in [5.74, 6) is -0.656. The molecule has 1 heterocycles. The van der Waals surface area contributed by atoms with Crippen LogP contribution in [0.3, 0.4) is 0 Å². The van der Waals surface area contributed by atoms with Crippen LogP contribution >= 0.6 is 0 Å². The normalized spacial score (nSPS) is 25.7. The standard InChI is InChI=1S/C24H40O4Si/c1-8-15-24(25-5)18-22(28-29(6,7)23(2,3)4)17-21(27-24)14-16-26-19-20-12-10-9-11-13-20/h8-13,21-22H,1,14-19H2,2-7H3/t21-,22+,24+/m1/s1. The molecule has 5 heteroatoms. The summed E-state index contributed by atoms with van der Waals surface area (Å²) in [4.78, 5) is 0. The molecule has 3 atom stereocenters. The second-order valence-corrected chi connectivity index (χ2v) is 14.4. The van der Waals surface area contributed by atoms with E-state index in [0.29, 0.717) is 19.6 Å². The van der Waals surface area contributed by atoms with Crippen molar-refractivity contribution < 1.29 is 18.6 Å². The molecule has 4 nitrogen and oxygen atoms in total. The fraction of sp³-hybridized carbons (Fsp3) is 0.667. The van der Waals surface area contributed by atoms with Gasteiger partial charge in [0, 0.05) is 26.6 Å². The highest BCUT2D eigenvalue weighted by Gasteiger charge is 2.46. The maximum absolute atomic E-state index is 6.76. The van der Waals surface area contributed by atoms with Crippen molar-refractivity contribution in [1.82, 2.24) is 0 Å². The number of hydrogen-bond donors (Lipinski definition) is 0. The van der Waals surface area contributed by atoms with Gasteiger partial charge in [0.15, 0.2) is 14.1 Å². The maximum atomic E-state index is 6.76. The van der Waals surface area contributed by atoms with E-state index >= 15 is 0 Å². The van der Waals surface area contributed by atoms with E-state index in [1.54, 1.807) is 7.11 Å². The van der Waals surface area contributed by atoms with Gasteiger partial charge in [-0.1, -0.05) is 57.2 Å². The lowest BCUT2D eigenvalue weighted by atomic mass is 9.94. The summed E-state index contributed by atoms with van der Waals surface area (Å²) < 4.78 is 24.9. The molecule has 1 saturated heterocycles. The Morgan fingerprint density at radius 1 is 1.24 bits per heavy atom. The zero-order chi connectivity index (χ0) is 21.5. The van der Waals surface area contributed by atoms with Crippen LogP contribution in [0.4, 0.5) is 0 Å². The summed E-state index contributed by atoms with van der Waals surface area (Å²) in [5.41, 5.74) is 1.19.